The minimum atomic E-state index is 0.897. The Morgan fingerprint density at radius 2 is 1.13 bits per heavy atom. The number of nitrogens with zero attached hydrogens (tertiary/aromatic N) is 1. The molecule has 0 fully saturated rings. The number of furan rings is 1. The van der Waals surface area contributed by atoms with Gasteiger partial charge in [0, 0.05) is 37.3 Å². The van der Waals surface area contributed by atoms with E-state index in [9.17, 15) is 0 Å². The van der Waals surface area contributed by atoms with Crippen molar-refractivity contribution in [1.29, 1.82) is 0 Å². The number of rotatable bonds is 4. The summed E-state index contributed by atoms with van der Waals surface area (Å²) in [5, 5.41) is 9.65. The topological polar surface area (TPSA) is 16.4 Å². The average molecular weight is 618 g/mol. The minimum Gasteiger partial charge on any atom is -0.456 e. The monoisotopic (exact) mass is 617 g/mol. The molecule has 10 rings (SSSR count). The summed E-state index contributed by atoms with van der Waals surface area (Å²) in [6.45, 7) is 0. The van der Waals surface area contributed by atoms with Crippen LogP contribution in [0.4, 0.5) is 17.1 Å². The van der Waals surface area contributed by atoms with E-state index in [1.54, 1.807) is 0 Å². The molecule has 8 aromatic carbocycles. The molecule has 0 saturated heterocycles. The molecule has 0 amide bonds. The van der Waals surface area contributed by atoms with E-state index < -0.39 is 0 Å². The number of para-hydroxylation sites is 1. The maximum atomic E-state index is 6.49. The van der Waals surface area contributed by atoms with Crippen molar-refractivity contribution < 1.29 is 4.42 Å². The van der Waals surface area contributed by atoms with Crippen LogP contribution in [-0.4, -0.2) is 0 Å². The van der Waals surface area contributed by atoms with Crippen molar-refractivity contribution >= 4 is 92.1 Å². The fourth-order valence-corrected chi connectivity index (χ4v) is 8.46. The van der Waals surface area contributed by atoms with Crippen LogP contribution >= 0.6 is 11.3 Å². The van der Waals surface area contributed by atoms with Gasteiger partial charge in [-0.1, -0.05) is 115 Å². The first-order chi connectivity index (χ1) is 23.3. The average Bonchev–Trinajstić information content (AvgIpc) is 3.70. The van der Waals surface area contributed by atoms with Gasteiger partial charge in [0.1, 0.15) is 11.2 Å². The molecule has 0 aliphatic rings. The highest BCUT2D eigenvalue weighted by Crippen LogP contribution is 2.49. The van der Waals surface area contributed by atoms with Crippen LogP contribution in [-0.2, 0) is 0 Å². The van der Waals surface area contributed by atoms with Crippen LogP contribution in [0.5, 0.6) is 0 Å². The van der Waals surface area contributed by atoms with Gasteiger partial charge in [-0.05, 0) is 75.8 Å². The molecule has 0 unspecified atom stereocenters. The second-order valence-electron chi connectivity index (χ2n) is 12.1. The van der Waals surface area contributed by atoms with E-state index in [0.29, 0.717) is 0 Å². The summed E-state index contributed by atoms with van der Waals surface area (Å²) in [6.07, 6.45) is 0. The predicted octanol–water partition coefficient (Wildman–Crippen LogP) is 13.4. The Kier molecular flexibility index (Phi) is 5.78. The summed E-state index contributed by atoms with van der Waals surface area (Å²) in [5.41, 5.74) is 7.58. The van der Waals surface area contributed by atoms with Crippen molar-refractivity contribution in [1.82, 2.24) is 0 Å². The van der Waals surface area contributed by atoms with E-state index in [0.717, 1.165) is 44.4 Å². The molecule has 0 saturated carbocycles. The largest absolute Gasteiger partial charge is 0.456 e. The Morgan fingerprint density at radius 1 is 0.404 bits per heavy atom. The van der Waals surface area contributed by atoms with Gasteiger partial charge in [0.25, 0.3) is 0 Å². The Bertz CT molecular complexity index is 2810. The van der Waals surface area contributed by atoms with Gasteiger partial charge in [0.15, 0.2) is 0 Å². The molecular weight excluding hydrogens is 591 g/mol. The smallest absolute Gasteiger partial charge is 0.136 e. The normalized spacial score (nSPS) is 11.8. The molecule has 3 heteroatoms. The quantitative estimate of drug-likeness (QED) is 0.183. The summed E-state index contributed by atoms with van der Waals surface area (Å²) in [6, 6.07) is 59.1. The lowest BCUT2D eigenvalue weighted by molar-refractivity contribution is 0.669. The zero-order valence-corrected chi connectivity index (χ0v) is 26.2. The SMILES string of the molecule is c1ccc(-c2cccc(N(c3cc4ccccc4c4cc5c(cc34)oc3ccccc35)c3cccc4c3sc3ccccc34)c2)cc1. The Balaban J connectivity index is 1.34. The lowest BCUT2D eigenvalue weighted by atomic mass is 9.96. The number of hydrogen-bond acceptors (Lipinski definition) is 3. The van der Waals surface area contributed by atoms with Crippen LogP contribution in [0, 0.1) is 0 Å². The number of benzene rings is 8. The Hall–Kier alpha value is -5.90. The third-order valence-electron chi connectivity index (χ3n) is 9.41. The van der Waals surface area contributed by atoms with Gasteiger partial charge in [-0.3, -0.25) is 0 Å². The molecule has 220 valence electrons. The third-order valence-corrected chi connectivity index (χ3v) is 10.6. The van der Waals surface area contributed by atoms with Crippen molar-refractivity contribution in [2.45, 2.75) is 0 Å². The van der Waals surface area contributed by atoms with E-state index in [4.69, 9.17) is 4.42 Å². The summed E-state index contributed by atoms with van der Waals surface area (Å²) >= 11 is 1.86. The number of hydrogen-bond donors (Lipinski definition) is 0. The molecule has 0 radical (unpaired) electrons. The maximum absolute atomic E-state index is 6.49. The lowest BCUT2D eigenvalue weighted by Gasteiger charge is -2.28. The fourth-order valence-electron chi connectivity index (χ4n) is 7.26. The lowest BCUT2D eigenvalue weighted by Crippen LogP contribution is -2.11. The summed E-state index contributed by atoms with van der Waals surface area (Å²) in [5.74, 6) is 0. The predicted molar refractivity (Wildman–Crippen MR) is 202 cm³/mol. The Labute approximate surface area is 275 Å². The molecule has 2 heterocycles. The van der Waals surface area contributed by atoms with Gasteiger partial charge in [-0.25, -0.2) is 0 Å². The minimum absolute atomic E-state index is 0.897. The molecule has 0 spiro atoms. The van der Waals surface area contributed by atoms with Crippen molar-refractivity contribution in [3.05, 3.63) is 164 Å². The second-order valence-corrected chi connectivity index (χ2v) is 13.2. The molecular formula is C44H27NOS. The van der Waals surface area contributed by atoms with Gasteiger partial charge in [0.05, 0.1) is 16.1 Å². The molecule has 0 aliphatic heterocycles. The Morgan fingerprint density at radius 3 is 2.04 bits per heavy atom. The van der Waals surface area contributed by atoms with Crippen LogP contribution in [0.2, 0.25) is 0 Å². The zero-order chi connectivity index (χ0) is 30.9. The van der Waals surface area contributed by atoms with Crippen LogP contribution in [0.15, 0.2) is 168 Å². The molecule has 2 aromatic heterocycles. The molecule has 2 nitrogen and oxygen atoms in total. The first kappa shape index (κ1) is 26.3. The van der Waals surface area contributed by atoms with Crippen molar-refractivity contribution in [3.63, 3.8) is 0 Å². The van der Waals surface area contributed by atoms with Crippen LogP contribution < -0.4 is 4.90 Å². The third kappa shape index (κ3) is 4.10. The highest BCUT2D eigenvalue weighted by molar-refractivity contribution is 7.26. The van der Waals surface area contributed by atoms with Gasteiger partial charge in [-0.2, -0.15) is 0 Å². The summed E-state index contributed by atoms with van der Waals surface area (Å²) in [7, 11) is 0. The first-order valence-corrected chi connectivity index (χ1v) is 16.7. The van der Waals surface area contributed by atoms with Crippen LogP contribution in [0.1, 0.15) is 0 Å². The van der Waals surface area contributed by atoms with Crippen molar-refractivity contribution in [2.24, 2.45) is 0 Å². The fraction of sp³-hybridized carbons (Fsp3) is 0. The van der Waals surface area contributed by atoms with Gasteiger partial charge in [-0.15, -0.1) is 11.3 Å². The molecule has 0 aliphatic carbocycles. The zero-order valence-electron chi connectivity index (χ0n) is 25.4. The highest BCUT2D eigenvalue weighted by atomic mass is 32.1. The van der Waals surface area contributed by atoms with Crippen LogP contribution in [0.25, 0.3) is 74.8 Å². The van der Waals surface area contributed by atoms with Crippen LogP contribution in [0.3, 0.4) is 0 Å². The highest BCUT2D eigenvalue weighted by Gasteiger charge is 2.22. The van der Waals surface area contributed by atoms with E-state index in [1.807, 2.05) is 17.4 Å². The molecule has 47 heavy (non-hydrogen) atoms. The summed E-state index contributed by atoms with van der Waals surface area (Å²) in [4.78, 5) is 2.47. The summed E-state index contributed by atoms with van der Waals surface area (Å²) < 4.78 is 9.05. The van der Waals surface area contributed by atoms with E-state index >= 15 is 0 Å². The number of thiophene rings is 1. The van der Waals surface area contributed by atoms with Gasteiger partial charge in [0.2, 0.25) is 0 Å². The maximum Gasteiger partial charge on any atom is 0.136 e. The molecule has 0 atom stereocenters. The van der Waals surface area contributed by atoms with Crippen molar-refractivity contribution in [2.75, 3.05) is 4.90 Å². The number of fused-ring (bicyclic) bond motifs is 9. The van der Waals surface area contributed by atoms with Gasteiger partial charge >= 0.3 is 0 Å². The van der Waals surface area contributed by atoms with E-state index in [2.05, 4.69) is 163 Å². The standard InChI is InChI=1S/C44H27NOS/c1-2-12-28(13-3-1)29-15-10-16-31(24-29)45(39-21-11-20-35-34-19-7-9-23-43(34)47-44(35)39)40-25-30-14-4-5-17-32(30)36-26-38-33-18-6-8-22-41(33)46-42(38)27-37(36)40/h1-27H. The molecule has 10 aromatic rings. The van der Waals surface area contributed by atoms with E-state index in [-0.39, 0.29) is 0 Å². The van der Waals surface area contributed by atoms with E-state index in [1.165, 1.54) is 47.5 Å². The second kappa shape index (κ2) is 10.3. The van der Waals surface area contributed by atoms with Gasteiger partial charge < -0.3 is 9.32 Å². The van der Waals surface area contributed by atoms with Crippen molar-refractivity contribution in [3.8, 4) is 11.1 Å². The molecule has 0 N–H and O–H groups in total. The number of anilines is 3. The first-order valence-electron chi connectivity index (χ1n) is 15.9. The molecule has 0 bridgehead atoms.